The van der Waals surface area contributed by atoms with Gasteiger partial charge in [-0.25, -0.2) is 13.2 Å². The van der Waals surface area contributed by atoms with E-state index in [1.807, 2.05) is 48.5 Å². The Hall–Kier alpha value is -7.55. The van der Waals surface area contributed by atoms with Crippen LogP contribution in [0, 0.1) is 5.92 Å². The summed E-state index contributed by atoms with van der Waals surface area (Å²) in [6.45, 7) is 0.423. The Bertz CT molecular complexity index is 2960. The van der Waals surface area contributed by atoms with E-state index in [9.17, 15) is 87.1 Å². The standard InChI is InChI=1S/C52H67N9O20S/c1-24-21-61-44(45(24)69)49(73)56-20-27(63)17-34(53)46(70)57-41(25(2)62)50(74)60-22-28(64)18-35(60)47(71)58-42(37(66)15-26-11-12-36(65)39(16-26)81-82(77,78)79)48(72)59-43(51(61)75)38(67)19-40(68)54-13-14-55-52(76)80-23-33-31-9-5-3-7-29(31)30-8-4-6-10-32(30)33/h3-12,16,24-25,27-28,33-35,37-38,41-45,62-67,69H,13-15,17-23,53H2,1-2H3,(H,54,68)(H,55,76)(H,56,73)(H,57,70)(H,58,71)(H,59,72)(H,77,78,79)/p-1/t24-,25+,27+,28+,34?,35-,37+,38+,41?,42-,43-,44-,45-/m0/s1. The smallest absolute Gasteiger partial charge is 0.407 e. The third kappa shape index (κ3) is 14.9. The second-order valence-electron chi connectivity index (χ2n) is 20.7. The first kappa shape index (κ1) is 62.1. The number of carbonyl (C=O) groups excluding carboxylic acids is 8. The van der Waals surface area contributed by atoms with E-state index >= 15 is 0 Å². The van der Waals surface area contributed by atoms with Crippen molar-refractivity contribution in [3.8, 4) is 22.6 Å². The van der Waals surface area contributed by atoms with Crippen molar-refractivity contribution in [3.63, 3.8) is 0 Å². The summed E-state index contributed by atoms with van der Waals surface area (Å²) >= 11 is 0. The Labute approximate surface area is 469 Å². The Morgan fingerprint density at radius 1 is 0.768 bits per heavy atom. The zero-order chi connectivity index (χ0) is 59.9. The number of ether oxygens (including phenoxy) is 1. The molecule has 0 spiro atoms. The summed E-state index contributed by atoms with van der Waals surface area (Å²) in [6, 6.07) is 6.53. The van der Waals surface area contributed by atoms with Crippen LogP contribution in [0.1, 0.15) is 55.7 Å². The molecule has 0 bridgehead atoms. The summed E-state index contributed by atoms with van der Waals surface area (Å²) in [7, 11) is -5.49. The number of aromatic hydroxyl groups is 1. The highest BCUT2D eigenvalue weighted by Crippen LogP contribution is 2.44. The van der Waals surface area contributed by atoms with Gasteiger partial charge in [-0.3, -0.25) is 33.6 Å². The van der Waals surface area contributed by atoms with E-state index < -0.39 is 193 Å². The van der Waals surface area contributed by atoms with Gasteiger partial charge in [-0.2, -0.15) is 0 Å². The average Bonchev–Trinajstić information content (AvgIpc) is 3.50. The molecule has 15 N–H and O–H groups in total. The number of hydrogen-bond donors (Lipinski definition) is 14. The van der Waals surface area contributed by atoms with E-state index in [0.717, 1.165) is 57.2 Å². The fourth-order valence-electron chi connectivity index (χ4n) is 10.4. The van der Waals surface area contributed by atoms with Crippen molar-refractivity contribution in [3.05, 3.63) is 83.4 Å². The molecule has 3 heterocycles. The highest BCUT2D eigenvalue weighted by atomic mass is 32.3. The van der Waals surface area contributed by atoms with Crippen LogP contribution >= 0.6 is 0 Å². The maximum atomic E-state index is 14.8. The van der Waals surface area contributed by atoms with Gasteiger partial charge in [0.2, 0.25) is 41.4 Å². The molecule has 8 amide bonds. The third-order valence-electron chi connectivity index (χ3n) is 14.6. The van der Waals surface area contributed by atoms with E-state index in [0.29, 0.717) is 0 Å². The number of aliphatic hydroxyl groups excluding tert-OH is 6. The summed E-state index contributed by atoms with van der Waals surface area (Å²) in [5.41, 5.74) is 9.86. The predicted octanol–water partition coefficient (Wildman–Crippen LogP) is -5.25. The number of phenolic OH excluding ortho intramolecular Hbond substituents is 1. The number of nitrogens with two attached hydrogens (primary N) is 1. The fraction of sp³-hybridized carbons (Fsp3) is 0.500. The van der Waals surface area contributed by atoms with E-state index in [4.69, 9.17) is 10.5 Å². The molecule has 1 aliphatic carbocycles. The summed E-state index contributed by atoms with van der Waals surface area (Å²) in [5.74, 6) is -11.3. The SMILES string of the molecule is C[C@@H](O)C1NC(=O)C(N)C[C@@H](O)CNC(=O)[C@@H]2[C@@H](O)[C@@H](C)CN2C(=O)[C@H]([C@H](O)CC(=O)NCCNC(=O)OCC2c3ccccc3-c3ccccc32)NC(=O)[C@H]([C@H](O)Cc2ccc(O)c(OS(=O)(=O)[O-])c2)NC(=O)[C@@H]2C[C@@H](O)CN2C1=O. The molecular formula is C52H66N9O20S-. The minimum atomic E-state index is -5.49. The molecule has 0 aromatic heterocycles. The minimum absolute atomic E-state index is 0.0130. The van der Waals surface area contributed by atoms with Crippen molar-refractivity contribution in [2.75, 3.05) is 39.3 Å². The lowest BCUT2D eigenvalue weighted by Crippen LogP contribution is -2.64. The lowest BCUT2D eigenvalue weighted by molar-refractivity contribution is -0.147. The number of carbonyl (C=O) groups is 8. The third-order valence-corrected chi connectivity index (χ3v) is 15.0. The van der Waals surface area contributed by atoms with Crippen LogP contribution in [0.4, 0.5) is 4.79 Å². The molecule has 446 valence electrons. The molecule has 0 saturated carbocycles. The number of nitrogens with one attached hydrogen (secondary N) is 6. The number of nitrogens with zero attached hydrogens (tertiary/aromatic N) is 2. The van der Waals surface area contributed by atoms with Gasteiger partial charge >= 0.3 is 6.09 Å². The number of rotatable bonds is 14. The maximum absolute atomic E-state index is 14.8. The lowest BCUT2D eigenvalue weighted by Gasteiger charge is -2.34. The number of β-amino-alcohol motifs (C(OH)–C–C–N with tert-alkyl or cyclic N) is 1. The second-order valence-corrected chi connectivity index (χ2v) is 21.7. The zero-order valence-corrected chi connectivity index (χ0v) is 45.1. The molecule has 3 aliphatic heterocycles. The molecule has 0 radical (unpaired) electrons. The van der Waals surface area contributed by atoms with E-state index in [1.165, 1.54) is 6.92 Å². The fourth-order valence-corrected chi connectivity index (χ4v) is 10.8. The van der Waals surface area contributed by atoms with Gasteiger partial charge in [-0.15, -0.1) is 0 Å². The number of hydrogen-bond acceptors (Lipinski definition) is 21. The first-order chi connectivity index (χ1) is 38.7. The topological polar surface area (TPSA) is 459 Å². The van der Waals surface area contributed by atoms with Crippen molar-refractivity contribution in [2.45, 2.75) is 118 Å². The monoisotopic (exact) mass is 1170 g/mol. The number of aliphatic hydroxyl groups is 6. The summed E-state index contributed by atoms with van der Waals surface area (Å²) in [6.07, 6.45) is -14.5. The summed E-state index contributed by atoms with van der Waals surface area (Å²) in [5, 5.41) is 91.7. The molecule has 3 aromatic carbocycles. The average molecular weight is 1170 g/mol. The minimum Gasteiger partial charge on any atom is -0.716 e. The van der Waals surface area contributed by atoms with Crippen LogP contribution in [0.5, 0.6) is 11.5 Å². The van der Waals surface area contributed by atoms with Gasteiger partial charge in [0.15, 0.2) is 11.5 Å². The predicted molar refractivity (Wildman–Crippen MR) is 281 cm³/mol. The molecule has 2 unspecified atom stereocenters. The van der Waals surface area contributed by atoms with Crippen LogP contribution in [-0.4, -0.2) is 218 Å². The molecule has 3 fully saturated rings. The van der Waals surface area contributed by atoms with Crippen LogP contribution in [0.3, 0.4) is 0 Å². The molecule has 30 heteroatoms. The normalized spacial score (nSPS) is 27.0. The molecular weight excluding hydrogens is 1100 g/mol. The van der Waals surface area contributed by atoms with E-state index in [1.54, 1.807) is 0 Å². The van der Waals surface area contributed by atoms with Gasteiger partial charge in [0.25, 0.3) is 10.4 Å². The van der Waals surface area contributed by atoms with Crippen molar-refractivity contribution < 1.29 is 96.0 Å². The number of alkyl carbamates (subject to hydrolysis) is 1. The number of amides is 8. The Morgan fingerprint density at radius 3 is 2.02 bits per heavy atom. The number of fused-ring (bicyclic) bond motifs is 5. The van der Waals surface area contributed by atoms with Crippen LogP contribution in [-0.2, 0) is 55.1 Å². The highest BCUT2D eigenvalue weighted by molar-refractivity contribution is 7.81. The Balaban J connectivity index is 1.15. The van der Waals surface area contributed by atoms with Gasteiger partial charge in [0.1, 0.15) is 36.8 Å². The van der Waals surface area contributed by atoms with Crippen molar-refractivity contribution >= 4 is 57.8 Å². The molecule has 3 saturated heterocycles. The molecule has 29 nitrogen and oxygen atoms in total. The van der Waals surface area contributed by atoms with Gasteiger partial charge in [0.05, 0.1) is 49.1 Å². The summed E-state index contributed by atoms with van der Waals surface area (Å²) in [4.78, 5) is 113. The quantitative estimate of drug-likeness (QED) is 0.0407. The van der Waals surface area contributed by atoms with E-state index in [-0.39, 0.29) is 31.2 Å². The Kier molecular flexibility index (Phi) is 20.1. The van der Waals surface area contributed by atoms with Gasteiger partial charge < -0.3 is 96.7 Å². The van der Waals surface area contributed by atoms with Gasteiger partial charge in [-0.05, 0) is 53.3 Å². The zero-order valence-electron chi connectivity index (χ0n) is 44.3. The maximum Gasteiger partial charge on any atom is 0.407 e. The van der Waals surface area contributed by atoms with Crippen molar-refractivity contribution in [2.24, 2.45) is 11.7 Å². The van der Waals surface area contributed by atoms with Crippen molar-refractivity contribution in [1.29, 1.82) is 0 Å². The molecule has 4 aliphatic rings. The number of phenols is 1. The molecule has 3 aromatic rings. The van der Waals surface area contributed by atoms with Crippen LogP contribution in [0.2, 0.25) is 0 Å². The second kappa shape index (κ2) is 26.6. The largest absolute Gasteiger partial charge is 0.716 e. The summed E-state index contributed by atoms with van der Waals surface area (Å²) < 4.78 is 44.2. The number of benzene rings is 3. The highest BCUT2D eigenvalue weighted by Gasteiger charge is 2.50. The van der Waals surface area contributed by atoms with Crippen LogP contribution in [0.15, 0.2) is 66.7 Å². The van der Waals surface area contributed by atoms with Crippen LogP contribution in [0.25, 0.3) is 11.1 Å². The first-order valence-corrected chi connectivity index (χ1v) is 27.5. The molecule has 7 rings (SSSR count). The van der Waals surface area contributed by atoms with E-state index in [2.05, 4.69) is 36.1 Å². The van der Waals surface area contributed by atoms with Crippen molar-refractivity contribution in [1.82, 2.24) is 41.7 Å². The van der Waals surface area contributed by atoms with Gasteiger partial charge in [0, 0.05) is 57.4 Å². The Morgan fingerprint density at radius 2 is 1.38 bits per heavy atom. The molecule has 13 atom stereocenters. The molecule has 82 heavy (non-hydrogen) atoms. The first-order valence-electron chi connectivity index (χ1n) is 26.2. The van der Waals surface area contributed by atoms with Gasteiger partial charge in [-0.1, -0.05) is 61.5 Å². The lowest BCUT2D eigenvalue weighted by atomic mass is 9.98. The van der Waals surface area contributed by atoms with Crippen LogP contribution < -0.4 is 41.8 Å².